The quantitative estimate of drug-likeness (QED) is 0.234. The van der Waals surface area contributed by atoms with Gasteiger partial charge in [-0.2, -0.15) is 0 Å². The van der Waals surface area contributed by atoms with Crippen LogP contribution in [0.5, 0.6) is 23.0 Å². The highest BCUT2D eigenvalue weighted by Gasteiger charge is 2.18. The van der Waals surface area contributed by atoms with Gasteiger partial charge in [-0.1, -0.05) is 12.2 Å². The van der Waals surface area contributed by atoms with Gasteiger partial charge in [0.25, 0.3) is 17.5 Å². The summed E-state index contributed by atoms with van der Waals surface area (Å²) in [7, 11) is 0. The maximum Gasteiger partial charge on any atom is 0.271 e. The normalized spacial score (nSPS) is 16.9. The molecule has 0 unspecified atom stereocenters. The molecule has 3 aromatic carbocycles. The van der Waals surface area contributed by atoms with E-state index in [2.05, 4.69) is 10.6 Å². The highest BCUT2D eigenvalue weighted by atomic mass is 16.6. The van der Waals surface area contributed by atoms with Gasteiger partial charge in [-0.3, -0.25) is 19.7 Å². The Labute approximate surface area is 260 Å². The van der Waals surface area contributed by atoms with Crippen LogP contribution in [-0.4, -0.2) is 82.7 Å². The molecule has 0 aliphatic carbocycles. The lowest BCUT2D eigenvalue weighted by atomic mass is 10.1. The predicted octanol–water partition coefficient (Wildman–Crippen LogP) is 3.57. The minimum Gasteiger partial charge on any atom is -0.492 e. The Balaban J connectivity index is 1.36. The summed E-state index contributed by atoms with van der Waals surface area (Å²) in [5.74, 6) is 1.29. The van der Waals surface area contributed by atoms with E-state index in [9.17, 15) is 19.7 Å². The first kappa shape index (κ1) is 32.8. The number of nitrogens with one attached hydrogen (secondary N) is 2. The number of nitrogens with zero attached hydrogens (tertiary/aromatic N) is 1. The smallest absolute Gasteiger partial charge is 0.271 e. The largest absolute Gasteiger partial charge is 0.492 e. The van der Waals surface area contributed by atoms with E-state index >= 15 is 0 Å². The lowest BCUT2D eigenvalue weighted by Gasteiger charge is -2.11. The van der Waals surface area contributed by atoms with E-state index < -0.39 is 16.7 Å². The summed E-state index contributed by atoms with van der Waals surface area (Å²) >= 11 is 0. The number of carbonyl (C=O) groups is 2. The van der Waals surface area contributed by atoms with Gasteiger partial charge in [-0.25, -0.2) is 0 Å². The molecule has 13 nitrogen and oxygen atoms in total. The summed E-state index contributed by atoms with van der Waals surface area (Å²) in [6.07, 6.45) is 3.76. The van der Waals surface area contributed by atoms with Crippen LogP contribution >= 0.6 is 0 Å². The van der Waals surface area contributed by atoms with Crippen LogP contribution in [-0.2, 0) is 9.47 Å². The lowest BCUT2D eigenvalue weighted by molar-refractivity contribution is -0.384. The van der Waals surface area contributed by atoms with E-state index in [1.54, 1.807) is 48.5 Å². The van der Waals surface area contributed by atoms with Crippen LogP contribution in [0, 0.1) is 10.1 Å². The summed E-state index contributed by atoms with van der Waals surface area (Å²) in [6.45, 7) is 3.02. The summed E-state index contributed by atoms with van der Waals surface area (Å²) < 4.78 is 33.7. The zero-order valence-corrected chi connectivity index (χ0v) is 24.6. The van der Waals surface area contributed by atoms with Crippen molar-refractivity contribution in [3.63, 3.8) is 0 Å². The molecule has 0 saturated carbocycles. The van der Waals surface area contributed by atoms with Crippen LogP contribution in [0.2, 0.25) is 0 Å². The van der Waals surface area contributed by atoms with Crippen molar-refractivity contribution in [3.8, 4) is 23.0 Å². The van der Waals surface area contributed by atoms with Gasteiger partial charge < -0.3 is 39.1 Å². The molecule has 238 valence electrons. The first-order chi connectivity index (χ1) is 22.0. The Morgan fingerprint density at radius 1 is 0.556 bits per heavy atom. The van der Waals surface area contributed by atoms with Crippen molar-refractivity contribution < 1.29 is 42.9 Å². The van der Waals surface area contributed by atoms with E-state index in [-0.39, 0.29) is 43.1 Å². The van der Waals surface area contributed by atoms with Gasteiger partial charge in [0, 0.05) is 23.3 Å². The third-order valence-corrected chi connectivity index (χ3v) is 6.20. The average Bonchev–Trinajstić information content (AvgIpc) is 3.06. The number of ether oxygens (including phenoxy) is 6. The predicted molar refractivity (Wildman–Crippen MR) is 163 cm³/mol. The van der Waals surface area contributed by atoms with Crippen LogP contribution in [0.1, 0.15) is 20.7 Å². The van der Waals surface area contributed by atoms with Gasteiger partial charge in [-0.15, -0.1) is 0 Å². The van der Waals surface area contributed by atoms with Crippen LogP contribution in [0.15, 0.2) is 78.9 Å². The number of amides is 2. The average molecular weight is 622 g/mol. The van der Waals surface area contributed by atoms with E-state index in [4.69, 9.17) is 28.4 Å². The van der Waals surface area contributed by atoms with Gasteiger partial charge in [-0.05, 0) is 54.6 Å². The SMILES string of the molecule is O=C1NCCOc2ccc(cc2)OCCOC/C=C\COCCOc2ccc(cc2)OCCNC(=O)c2cc1cc([N+](=O)[O-])c2. The molecule has 0 radical (unpaired) electrons. The number of nitro groups is 1. The molecule has 0 saturated heterocycles. The fraction of sp³-hybridized carbons (Fsp3) is 0.312. The maximum atomic E-state index is 12.7. The van der Waals surface area contributed by atoms with Gasteiger partial charge in [0.1, 0.15) is 49.4 Å². The van der Waals surface area contributed by atoms with Crippen molar-refractivity contribution in [1.82, 2.24) is 10.6 Å². The number of nitro benzene ring substituents is 1. The zero-order chi connectivity index (χ0) is 31.7. The summed E-state index contributed by atoms with van der Waals surface area (Å²) in [5.41, 5.74) is -0.433. The molecule has 7 rings (SSSR count). The number of carbonyl (C=O) groups excluding carboxylic acids is 2. The van der Waals surface area contributed by atoms with Crippen LogP contribution < -0.4 is 29.6 Å². The topological polar surface area (TPSA) is 157 Å². The van der Waals surface area contributed by atoms with Gasteiger partial charge in [0.15, 0.2) is 0 Å². The molecule has 2 N–H and O–H groups in total. The highest BCUT2D eigenvalue weighted by molar-refractivity contribution is 6.00. The Morgan fingerprint density at radius 2 is 0.933 bits per heavy atom. The second kappa shape index (κ2) is 17.9. The first-order valence-electron chi connectivity index (χ1n) is 14.4. The van der Waals surface area contributed by atoms with Crippen molar-refractivity contribution in [3.05, 3.63) is 100 Å². The maximum absolute atomic E-state index is 12.7. The highest BCUT2D eigenvalue weighted by Crippen LogP contribution is 2.20. The number of hydrogen-bond acceptors (Lipinski definition) is 10. The second-order valence-corrected chi connectivity index (χ2v) is 9.50. The van der Waals surface area contributed by atoms with Crippen molar-refractivity contribution in [2.45, 2.75) is 0 Å². The van der Waals surface area contributed by atoms with E-state index in [1.807, 2.05) is 12.2 Å². The molecule has 13 heteroatoms. The Morgan fingerprint density at radius 3 is 1.31 bits per heavy atom. The molecule has 4 heterocycles. The van der Waals surface area contributed by atoms with Crippen molar-refractivity contribution >= 4 is 17.5 Å². The van der Waals surface area contributed by atoms with E-state index in [0.29, 0.717) is 62.6 Å². The standard InChI is InChI=1S/C32H35N3O10/c36-31-24-21-25(23-26(22-24)35(38)39)32(37)34-12-16-43-28-5-9-30(10-6-28)45-20-18-41-14-2-1-13-40-17-19-44-29-7-3-27(4-8-29)42-15-11-33-31/h1-10,21-23H,11-20H2,(H,33,36)(H,34,37)/b2-1-. The molecule has 0 aromatic heterocycles. The minimum atomic E-state index is -0.659. The minimum absolute atomic E-state index is 0.0254. The Hall–Kier alpha value is -5.14. The first-order valence-corrected chi connectivity index (χ1v) is 14.4. The van der Waals surface area contributed by atoms with Gasteiger partial charge in [0.05, 0.1) is 44.4 Å². The number of hydrogen-bond donors (Lipinski definition) is 2. The van der Waals surface area contributed by atoms with E-state index in [0.717, 1.165) is 12.1 Å². The monoisotopic (exact) mass is 621 g/mol. The second-order valence-electron chi connectivity index (χ2n) is 9.50. The fourth-order valence-corrected chi connectivity index (χ4v) is 3.99. The molecular weight excluding hydrogens is 586 g/mol. The Kier molecular flexibility index (Phi) is 13.0. The summed E-state index contributed by atoms with van der Waals surface area (Å²) in [6, 6.07) is 17.5. The molecule has 4 aliphatic heterocycles. The zero-order valence-electron chi connectivity index (χ0n) is 24.6. The van der Waals surface area contributed by atoms with Gasteiger partial charge in [0.2, 0.25) is 0 Å². The van der Waals surface area contributed by atoms with Crippen LogP contribution in [0.25, 0.3) is 0 Å². The summed E-state index contributed by atoms with van der Waals surface area (Å²) in [4.78, 5) is 36.3. The molecule has 45 heavy (non-hydrogen) atoms. The molecule has 3 aromatic rings. The number of rotatable bonds is 1. The van der Waals surface area contributed by atoms with Crippen LogP contribution in [0.3, 0.4) is 0 Å². The molecule has 4 aliphatic rings. The van der Waals surface area contributed by atoms with Crippen molar-refractivity contribution in [2.75, 3.05) is 65.9 Å². The lowest BCUT2D eigenvalue weighted by Crippen LogP contribution is -2.30. The molecule has 0 spiro atoms. The number of benzene rings is 3. The number of non-ortho nitro benzene ring substituents is 1. The molecule has 2 amide bonds. The van der Waals surface area contributed by atoms with E-state index in [1.165, 1.54) is 6.07 Å². The molecule has 0 fully saturated rings. The Bertz CT molecular complexity index is 1330. The molecule has 6 bridgehead atoms. The molecular formula is C32H35N3O10. The fourth-order valence-electron chi connectivity index (χ4n) is 3.99. The third-order valence-electron chi connectivity index (χ3n) is 6.20. The summed E-state index contributed by atoms with van der Waals surface area (Å²) in [5, 5.41) is 16.8. The van der Waals surface area contributed by atoms with Crippen LogP contribution in [0.4, 0.5) is 5.69 Å². The van der Waals surface area contributed by atoms with Gasteiger partial charge >= 0.3 is 0 Å². The van der Waals surface area contributed by atoms with Crippen molar-refractivity contribution in [1.29, 1.82) is 0 Å². The van der Waals surface area contributed by atoms with Crippen molar-refractivity contribution in [2.24, 2.45) is 0 Å². The molecule has 0 atom stereocenters. The third kappa shape index (κ3) is 11.5.